The average Bonchev–Trinajstić information content (AvgIpc) is 3.24. The summed E-state index contributed by atoms with van der Waals surface area (Å²) < 4.78 is 15.5. The summed E-state index contributed by atoms with van der Waals surface area (Å²) in [6.45, 7) is 0.858. The summed E-state index contributed by atoms with van der Waals surface area (Å²) in [5, 5.41) is 4.45. The number of benzene rings is 3. The molecule has 36 heavy (non-hydrogen) atoms. The molecule has 180 valence electrons. The van der Waals surface area contributed by atoms with Gasteiger partial charge in [-0.15, -0.1) is 0 Å². The summed E-state index contributed by atoms with van der Waals surface area (Å²) in [6, 6.07) is 23.4. The number of imidazole rings is 1. The molecule has 0 aliphatic carbocycles. The van der Waals surface area contributed by atoms with E-state index in [1.54, 1.807) is 42.2 Å². The Balaban J connectivity index is 1.29. The van der Waals surface area contributed by atoms with Gasteiger partial charge in [-0.05, 0) is 59.2 Å². The van der Waals surface area contributed by atoms with Crippen LogP contribution < -0.4 is 5.32 Å². The molecule has 0 radical (unpaired) electrons. The third kappa shape index (κ3) is 5.75. The fourth-order valence-corrected chi connectivity index (χ4v) is 4.91. The Kier molecular flexibility index (Phi) is 7.30. The zero-order chi connectivity index (χ0) is 24.9. The van der Waals surface area contributed by atoms with E-state index in [2.05, 4.69) is 14.9 Å². The summed E-state index contributed by atoms with van der Waals surface area (Å²) in [5.74, 6) is 0.236. The number of aromatic nitrogens is 3. The van der Waals surface area contributed by atoms with Crippen LogP contribution >= 0.6 is 23.4 Å². The molecule has 5 nitrogen and oxygen atoms in total. The van der Waals surface area contributed by atoms with Gasteiger partial charge >= 0.3 is 0 Å². The van der Waals surface area contributed by atoms with Crippen molar-refractivity contribution in [1.29, 1.82) is 0 Å². The largest absolute Gasteiger partial charge is 0.348 e. The van der Waals surface area contributed by atoms with Gasteiger partial charge in [0.2, 0.25) is 0 Å². The van der Waals surface area contributed by atoms with Crippen molar-refractivity contribution in [3.8, 4) is 0 Å². The number of nitrogens with one attached hydrogen (secondary N) is 1. The van der Waals surface area contributed by atoms with Crippen LogP contribution in [0.15, 0.2) is 96.4 Å². The van der Waals surface area contributed by atoms with Crippen LogP contribution in [0.1, 0.15) is 27.0 Å². The van der Waals surface area contributed by atoms with Gasteiger partial charge in [0.15, 0.2) is 5.16 Å². The van der Waals surface area contributed by atoms with Crippen LogP contribution in [0.2, 0.25) is 5.02 Å². The zero-order valence-corrected chi connectivity index (χ0v) is 20.8. The van der Waals surface area contributed by atoms with Gasteiger partial charge in [0.25, 0.3) is 5.91 Å². The molecule has 2 aromatic heterocycles. The molecule has 1 amide bonds. The van der Waals surface area contributed by atoms with Crippen molar-refractivity contribution in [3.05, 3.63) is 124 Å². The standard InChI is InChI=1S/C28H22ClFN4OS/c29-23-10-6-20(7-11-23)18-36-28-33-25-12-13-31-16-26(25)34(28)17-19-4-8-22(9-5-19)27(35)32-15-21-2-1-3-24(30)14-21/h1-14,16H,15,17-18H2,(H,32,35). The number of nitrogens with zero attached hydrogens (tertiary/aromatic N) is 3. The lowest BCUT2D eigenvalue weighted by atomic mass is 10.1. The molecule has 0 unspecified atom stereocenters. The molecule has 0 saturated heterocycles. The third-order valence-corrected chi connectivity index (χ3v) is 7.00. The highest BCUT2D eigenvalue weighted by Gasteiger charge is 2.13. The first-order chi connectivity index (χ1) is 17.5. The van der Waals surface area contributed by atoms with E-state index < -0.39 is 0 Å². The van der Waals surface area contributed by atoms with Crippen molar-refractivity contribution < 1.29 is 9.18 Å². The van der Waals surface area contributed by atoms with Crippen LogP contribution in [0.5, 0.6) is 0 Å². The van der Waals surface area contributed by atoms with Gasteiger partial charge in [0, 0.05) is 29.1 Å². The quantitative estimate of drug-likeness (QED) is 0.239. The molecule has 0 spiro atoms. The summed E-state index contributed by atoms with van der Waals surface area (Å²) in [7, 11) is 0. The Bertz CT molecular complexity index is 1500. The number of halogens is 2. The van der Waals surface area contributed by atoms with E-state index in [9.17, 15) is 9.18 Å². The predicted molar refractivity (Wildman–Crippen MR) is 142 cm³/mol. The number of thioether (sulfide) groups is 1. The second-order valence-electron chi connectivity index (χ2n) is 8.27. The van der Waals surface area contributed by atoms with Crippen molar-refractivity contribution in [2.24, 2.45) is 0 Å². The molecule has 0 atom stereocenters. The number of fused-ring (bicyclic) bond motifs is 1. The molecular formula is C28H22ClFN4OS. The number of rotatable bonds is 8. The summed E-state index contributed by atoms with van der Waals surface area (Å²) in [6.07, 6.45) is 3.56. The molecule has 5 aromatic rings. The number of hydrogen-bond donors (Lipinski definition) is 1. The van der Waals surface area contributed by atoms with Gasteiger partial charge in [0.1, 0.15) is 5.82 Å². The number of hydrogen-bond acceptors (Lipinski definition) is 4. The molecule has 5 rings (SSSR count). The summed E-state index contributed by atoms with van der Waals surface area (Å²) in [5.41, 5.74) is 5.29. The lowest BCUT2D eigenvalue weighted by molar-refractivity contribution is 0.0951. The second kappa shape index (κ2) is 10.9. The monoisotopic (exact) mass is 516 g/mol. The minimum Gasteiger partial charge on any atom is -0.348 e. The lowest BCUT2D eigenvalue weighted by Gasteiger charge is -2.10. The highest BCUT2D eigenvalue weighted by Crippen LogP contribution is 2.28. The Morgan fingerprint density at radius 3 is 2.53 bits per heavy atom. The first-order valence-corrected chi connectivity index (χ1v) is 12.7. The molecule has 8 heteroatoms. The molecule has 1 N–H and O–H groups in total. The van der Waals surface area contributed by atoms with Crippen molar-refractivity contribution in [3.63, 3.8) is 0 Å². The van der Waals surface area contributed by atoms with E-state index in [0.717, 1.165) is 33.1 Å². The smallest absolute Gasteiger partial charge is 0.251 e. The van der Waals surface area contributed by atoms with Crippen molar-refractivity contribution >= 4 is 40.3 Å². The van der Waals surface area contributed by atoms with E-state index in [0.29, 0.717) is 22.7 Å². The van der Waals surface area contributed by atoms with Gasteiger partial charge in [-0.1, -0.05) is 59.8 Å². The Morgan fingerprint density at radius 2 is 1.75 bits per heavy atom. The van der Waals surface area contributed by atoms with Crippen LogP contribution in [0.4, 0.5) is 4.39 Å². The maximum atomic E-state index is 13.4. The SMILES string of the molecule is O=C(NCc1cccc(F)c1)c1ccc(Cn2c(SCc3ccc(Cl)cc3)nc3ccncc32)cc1. The van der Waals surface area contributed by atoms with Gasteiger partial charge in [-0.2, -0.15) is 0 Å². The Hall–Kier alpha value is -3.68. The minimum atomic E-state index is -0.320. The maximum Gasteiger partial charge on any atom is 0.251 e. The first kappa shape index (κ1) is 24.0. The van der Waals surface area contributed by atoms with Gasteiger partial charge in [0.05, 0.1) is 23.8 Å². The highest BCUT2D eigenvalue weighted by molar-refractivity contribution is 7.98. The van der Waals surface area contributed by atoms with E-state index in [1.807, 2.05) is 48.7 Å². The van der Waals surface area contributed by atoms with Gasteiger partial charge in [-0.3, -0.25) is 9.78 Å². The molecule has 0 bridgehead atoms. The van der Waals surface area contributed by atoms with Crippen LogP contribution in [-0.2, 0) is 18.8 Å². The average molecular weight is 517 g/mol. The van der Waals surface area contributed by atoms with Crippen molar-refractivity contribution in [2.75, 3.05) is 0 Å². The lowest BCUT2D eigenvalue weighted by Crippen LogP contribution is -2.22. The number of carbonyl (C=O) groups is 1. The Labute approximate surface area is 217 Å². The molecule has 3 aromatic carbocycles. The Morgan fingerprint density at radius 1 is 0.972 bits per heavy atom. The molecule has 2 heterocycles. The van der Waals surface area contributed by atoms with E-state index in [4.69, 9.17) is 16.6 Å². The van der Waals surface area contributed by atoms with Crippen LogP contribution in [0, 0.1) is 5.82 Å². The molecule has 0 aliphatic rings. The summed E-state index contributed by atoms with van der Waals surface area (Å²) >= 11 is 7.67. The van der Waals surface area contributed by atoms with Crippen LogP contribution in [-0.4, -0.2) is 20.4 Å². The fraction of sp³-hybridized carbons (Fsp3) is 0.107. The summed E-state index contributed by atoms with van der Waals surface area (Å²) in [4.78, 5) is 21.7. The molecule has 0 aliphatic heterocycles. The topological polar surface area (TPSA) is 59.8 Å². The van der Waals surface area contributed by atoms with E-state index in [1.165, 1.54) is 12.1 Å². The molecule has 0 saturated carbocycles. The molecule has 0 fully saturated rings. The number of amides is 1. The maximum absolute atomic E-state index is 13.4. The van der Waals surface area contributed by atoms with E-state index >= 15 is 0 Å². The van der Waals surface area contributed by atoms with Crippen LogP contribution in [0.3, 0.4) is 0 Å². The fourth-order valence-electron chi connectivity index (χ4n) is 3.81. The number of pyridine rings is 1. The highest BCUT2D eigenvalue weighted by atomic mass is 35.5. The van der Waals surface area contributed by atoms with Crippen molar-refractivity contribution in [1.82, 2.24) is 19.9 Å². The van der Waals surface area contributed by atoms with Gasteiger partial charge < -0.3 is 9.88 Å². The van der Waals surface area contributed by atoms with Crippen LogP contribution in [0.25, 0.3) is 11.0 Å². The second-order valence-corrected chi connectivity index (χ2v) is 9.65. The van der Waals surface area contributed by atoms with Gasteiger partial charge in [-0.25, -0.2) is 9.37 Å². The van der Waals surface area contributed by atoms with Crippen molar-refractivity contribution in [2.45, 2.75) is 24.0 Å². The minimum absolute atomic E-state index is 0.206. The molecular weight excluding hydrogens is 495 g/mol. The normalized spacial score (nSPS) is 11.1. The third-order valence-electron chi connectivity index (χ3n) is 5.70. The predicted octanol–water partition coefficient (Wildman–Crippen LogP) is 6.49. The zero-order valence-electron chi connectivity index (χ0n) is 19.2. The van der Waals surface area contributed by atoms with E-state index in [-0.39, 0.29) is 18.3 Å². The first-order valence-electron chi connectivity index (χ1n) is 11.3. The number of carbonyl (C=O) groups excluding carboxylic acids is 1.